The lowest BCUT2D eigenvalue weighted by Gasteiger charge is -2.64. The summed E-state index contributed by atoms with van der Waals surface area (Å²) in [4.78, 5) is 2.80. The molecule has 4 fully saturated rings. The molecule has 4 bridgehead atoms. The monoisotopic (exact) mass is 487 g/mol. The second-order valence-electron chi connectivity index (χ2n) is 13.2. The number of benzene rings is 2. The Balaban J connectivity index is 1.34. The van der Waals surface area contributed by atoms with Gasteiger partial charge in [0.15, 0.2) is 11.5 Å². The van der Waals surface area contributed by atoms with Gasteiger partial charge in [0.2, 0.25) is 0 Å². The number of fused-ring (bicyclic) bond motifs is 2. The SMILES string of the molecule is CO[C@]12C[C@@]3(C[C@]1(C)[C@@H](O)c1ccc(C)cc1)[C@H]1Cc4ccc(O)c5c4[C@@]3(CCN1CC1CC1)[C@H]2O5. The van der Waals surface area contributed by atoms with E-state index < -0.39 is 17.1 Å². The van der Waals surface area contributed by atoms with Crippen molar-refractivity contribution in [3.63, 3.8) is 0 Å². The number of ether oxygens (including phenoxy) is 2. The highest BCUT2D eigenvalue weighted by molar-refractivity contribution is 5.65. The first-order valence-electron chi connectivity index (χ1n) is 13.9. The van der Waals surface area contributed by atoms with Gasteiger partial charge in [0.25, 0.3) is 0 Å². The first kappa shape index (κ1) is 22.0. The van der Waals surface area contributed by atoms with Crippen LogP contribution in [0.15, 0.2) is 36.4 Å². The Morgan fingerprint density at radius 3 is 2.64 bits per heavy atom. The van der Waals surface area contributed by atoms with Gasteiger partial charge < -0.3 is 19.7 Å². The molecule has 0 unspecified atom stereocenters. The molecule has 0 radical (unpaired) electrons. The maximum atomic E-state index is 12.1. The quantitative estimate of drug-likeness (QED) is 0.643. The van der Waals surface area contributed by atoms with E-state index in [2.05, 4.69) is 49.1 Å². The third-order valence-corrected chi connectivity index (χ3v) is 11.7. The van der Waals surface area contributed by atoms with E-state index in [1.54, 1.807) is 0 Å². The second kappa shape index (κ2) is 6.67. The minimum Gasteiger partial charge on any atom is -0.504 e. The predicted octanol–water partition coefficient (Wildman–Crippen LogP) is 4.66. The summed E-state index contributed by atoms with van der Waals surface area (Å²) in [5.74, 6) is 1.77. The van der Waals surface area contributed by atoms with Crippen LogP contribution in [0.2, 0.25) is 0 Å². The number of hydrogen-bond donors (Lipinski definition) is 2. The molecule has 6 aliphatic rings. The third kappa shape index (κ3) is 2.23. The zero-order chi connectivity index (χ0) is 24.7. The van der Waals surface area contributed by atoms with Gasteiger partial charge in [-0.25, -0.2) is 0 Å². The summed E-state index contributed by atoms with van der Waals surface area (Å²) in [6, 6.07) is 12.7. The molecule has 5 heteroatoms. The molecule has 190 valence electrons. The lowest BCUT2D eigenvalue weighted by Crippen LogP contribution is -2.71. The Hall–Kier alpha value is -2.08. The summed E-state index contributed by atoms with van der Waals surface area (Å²) in [6.45, 7) is 6.59. The summed E-state index contributed by atoms with van der Waals surface area (Å²) in [5.41, 5.74) is 3.39. The van der Waals surface area contributed by atoms with Crippen molar-refractivity contribution < 1.29 is 19.7 Å². The molecule has 5 nitrogen and oxygen atoms in total. The van der Waals surface area contributed by atoms with Crippen LogP contribution in [0.25, 0.3) is 0 Å². The van der Waals surface area contributed by atoms with Crippen molar-refractivity contribution in [3.8, 4) is 11.5 Å². The fourth-order valence-electron chi connectivity index (χ4n) is 10.1. The number of likely N-dealkylation sites (tertiary alicyclic amines) is 1. The fourth-order valence-corrected chi connectivity index (χ4v) is 10.1. The summed E-state index contributed by atoms with van der Waals surface area (Å²) in [5, 5.41) is 23.0. The summed E-state index contributed by atoms with van der Waals surface area (Å²) >= 11 is 0. The first-order chi connectivity index (χ1) is 17.3. The lowest BCUT2D eigenvalue weighted by molar-refractivity contribution is -0.210. The summed E-state index contributed by atoms with van der Waals surface area (Å²) in [7, 11) is 1.83. The van der Waals surface area contributed by atoms with Crippen LogP contribution >= 0.6 is 0 Å². The zero-order valence-electron chi connectivity index (χ0n) is 21.6. The van der Waals surface area contributed by atoms with E-state index in [0.717, 1.165) is 43.7 Å². The maximum Gasteiger partial charge on any atom is 0.165 e. The van der Waals surface area contributed by atoms with Gasteiger partial charge in [-0.05, 0) is 75.1 Å². The van der Waals surface area contributed by atoms with E-state index in [4.69, 9.17) is 9.47 Å². The van der Waals surface area contributed by atoms with Gasteiger partial charge in [0, 0.05) is 41.5 Å². The van der Waals surface area contributed by atoms with Crippen molar-refractivity contribution in [1.82, 2.24) is 4.90 Å². The number of methoxy groups -OCH3 is 1. The van der Waals surface area contributed by atoms with Crippen molar-refractivity contribution >= 4 is 0 Å². The molecule has 2 aliphatic heterocycles. The maximum absolute atomic E-state index is 12.1. The van der Waals surface area contributed by atoms with Crippen LogP contribution in [0.3, 0.4) is 0 Å². The highest BCUT2D eigenvalue weighted by Gasteiger charge is 2.88. The van der Waals surface area contributed by atoms with Gasteiger partial charge in [0.05, 0.1) is 6.10 Å². The van der Waals surface area contributed by atoms with Crippen LogP contribution in [0.1, 0.15) is 67.4 Å². The molecule has 8 rings (SSSR count). The normalized spacial score (nSPS) is 42.3. The molecule has 4 aliphatic carbocycles. The Bertz CT molecular complexity index is 1270. The standard InChI is InChI=1S/C31H37NO4/c1-18-4-8-20(9-5-18)26(34)28(2)16-29-17-31(28,35-3)27-30(29)12-13-32(15-19-6-7-19)23(29)14-21-10-11-22(33)25(36-27)24(21)30/h4-5,8-11,19,23,26-27,33-34H,6-7,12-17H2,1-3H3/t23-,26+,27-,28-,29+,30+,31+/m1/s1. The van der Waals surface area contributed by atoms with E-state index in [0.29, 0.717) is 11.8 Å². The molecule has 2 spiro atoms. The van der Waals surface area contributed by atoms with Crippen molar-refractivity contribution in [2.24, 2.45) is 16.7 Å². The molecule has 36 heavy (non-hydrogen) atoms. The van der Waals surface area contributed by atoms with Crippen LogP contribution in [-0.2, 0) is 16.6 Å². The number of phenolic OH excluding ortho intramolecular Hbond substituents is 1. The fraction of sp³-hybridized carbons (Fsp3) is 0.613. The molecule has 2 N–H and O–H groups in total. The molecular weight excluding hydrogens is 450 g/mol. The van der Waals surface area contributed by atoms with Crippen LogP contribution in [0.4, 0.5) is 0 Å². The minimum atomic E-state index is -0.658. The Morgan fingerprint density at radius 1 is 1.14 bits per heavy atom. The van der Waals surface area contributed by atoms with E-state index in [1.165, 1.54) is 36.1 Å². The van der Waals surface area contributed by atoms with Crippen LogP contribution in [-0.4, -0.2) is 53.1 Å². The molecule has 0 aromatic heterocycles. The van der Waals surface area contributed by atoms with Crippen LogP contribution in [0, 0.1) is 23.7 Å². The molecule has 2 aromatic rings. The predicted molar refractivity (Wildman–Crippen MR) is 136 cm³/mol. The lowest BCUT2D eigenvalue weighted by atomic mass is 9.44. The van der Waals surface area contributed by atoms with Gasteiger partial charge in [-0.3, -0.25) is 4.90 Å². The molecular formula is C31H37NO4. The number of piperidine rings is 1. The highest BCUT2D eigenvalue weighted by Crippen LogP contribution is 2.83. The summed E-state index contributed by atoms with van der Waals surface area (Å²) in [6.07, 6.45) is 5.68. The number of phenols is 1. The number of aromatic hydroxyl groups is 1. The van der Waals surface area contributed by atoms with E-state index >= 15 is 0 Å². The van der Waals surface area contributed by atoms with Gasteiger partial charge in [-0.15, -0.1) is 0 Å². The van der Waals surface area contributed by atoms with Gasteiger partial charge in [-0.2, -0.15) is 0 Å². The van der Waals surface area contributed by atoms with E-state index in [1.807, 2.05) is 13.2 Å². The average molecular weight is 488 g/mol. The van der Waals surface area contributed by atoms with E-state index in [-0.39, 0.29) is 22.7 Å². The number of aryl methyl sites for hydroxylation is 1. The Morgan fingerprint density at radius 2 is 1.92 bits per heavy atom. The average Bonchev–Trinajstić information content (AvgIpc) is 3.47. The summed E-state index contributed by atoms with van der Waals surface area (Å²) < 4.78 is 13.5. The smallest absolute Gasteiger partial charge is 0.165 e. The number of hydrogen-bond acceptors (Lipinski definition) is 5. The van der Waals surface area contributed by atoms with Crippen LogP contribution < -0.4 is 4.74 Å². The molecule has 7 atom stereocenters. The van der Waals surface area contributed by atoms with E-state index in [9.17, 15) is 10.2 Å². The molecule has 2 aromatic carbocycles. The van der Waals surface area contributed by atoms with Crippen molar-refractivity contribution in [3.05, 3.63) is 58.7 Å². The van der Waals surface area contributed by atoms with Gasteiger partial charge in [-0.1, -0.05) is 42.8 Å². The molecule has 2 heterocycles. The second-order valence-corrected chi connectivity index (χ2v) is 13.2. The molecule has 0 amide bonds. The van der Waals surface area contributed by atoms with Crippen molar-refractivity contribution in [2.75, 3.05) is 20.2 Å². The topological polar surface area (TPSA) is 62.2 Å². The number of nitrogens with zero attached hydrogens (tertiary/aromatic N) is 1. The Labute approximate surface area is 213 Å². The van der Waals surface area contributed by atoms with Crippen LogP contribution in [0.5, 0.6) is 11.5 Å². The number of aliphatic hydroxyl groups excluding tert-OH is 1. The zero-order valence-corrected chi connectivity index (χ0v) is 21.6. The van der Waals surface area contributed by atoms with Gasteiger partial charge in [0.1, 0.15) is 11.7 Å². The number of aliphatic hydroxyl groups is 1. The number of rotatable bonds is 5. The van der Waals surface area contributed by atoms with Crippen molar-refractivity contribution in [2.45, 2.75) is 81.6 Å². The minimum absolute atomic E-state index is 0.0483. The molecule has 1 saturated heterocycles. The highest BCUT2D eigenvalue weighted by atomic mass is 16.6. The largest absolute Gasteiger partial charge is 0.504 e. The van der Waals surface area contributed by atoms with Gasteiger partial charge >= 0.3 is 0 Å². The van der Waals surface area contributed by atoms with Crippen molar-refractivity contribution in [1.29, 1.82) is 0 Å². The third-order valence-electron chi connectivity index (χ3n) is 11.7. The first-order valence-corrected chi connectivity index (χ1v) is 13.9. The molecule has 3 saturated carbocycles. The Kier molecular flexibility index (Phi) is 4.07.